The van der Waals surface area contributed by atoms with E-state index in [1.165, 1.54) is 70.0 Å². The summed E-state index contributed by atoms with van der Waals surface area (Å²) < 4.78 is 41.6. The number of hydrogen-bond donors (Lipinski definition) is 1. The van der Waals surface area contributed by atoms with Crippen molar-refractivity contribution >= 4 is 7.25 Å². The average Bonchev–Trinajstić information content (AvgIpc) is 2.97. The van der Waals surface area contributed by atoms with E-state index < -0.39 is 7.25 Å². The molecule has 126 valence electrons. The first kappa shape index (κ1) is 17.4. The molecule has 1 aromatic rings. The molecule has 0 atom stereocenters. The third kappa shape index (κ3) is 5.65. The van der Waals surface area contributed by atoms with Crippen molar-refractivity contribution in [2.24, 2.45) is 0 Å². The first-order valence-corrected chi connectivity index (χ1v) is 8.41. The second-order valence-electron chi connectivity index (χ2n) is 6.37. The third-order valence-corrected chi connectivity index (χ3v) is 4.70. The summed E-state index contributed by atoms with van der Waals surface area (Å²) >= 11 is 0. The van der Waals surface area contributed by atoms with Crippen molar-refractivity contribution in [3.05, 3.63) is 18.2 Å². The lowest BCUT2D eigenvalue weighted by atomic mass is 9.88. The maximum absolute atomic E-state index is 9.75. The number of hydrogen-bond acceptors (Lipinski definition) is 0. The van der Waals surface area contributed by atoms with Crippen LogP contribution in [0, 0.1) is 0 Å². The SMILES string of the molecule is F[B-](F)(F)F.c1c[n+](C2CCCCC2)c(C2CCCCC2)[nH]1. The molecule has 0 saturated heterocycles. The number of rotatable bonds is 2. The molecule has 2 fully saturated rings. The predicted octanol–water partition coefficient (Wildman–Crippen LogP) is 5.16. The van der Waals surface area contributed by atoms with E-state index in [1.54, 1.807) is 0 Å². The molecule has 0 aliphatic heterocycles. The van der Waals surface area contributed by atoms with Gasteiger partial charge in [0, 0.05) is 0 Å². The minimum atomic E-state index is -6.00. The van der Waals surface area contributed by atoms with Gasteiger partial charge >= 0.3 is 7.25 Å². The zero-order chi connectivity index (χ0) is 16.0. The number of halogens is 4. The number of imidazole rings is 1. The molecule has 0 aromatic carbocycles. The van der Waals surface area contributed by atoms with Crippen molar-refractivity contribution in [3.63, 3.8) is 0 Å². The fourth-order valence-electron chi connectivity index (χ4n) is 3.74. The molecule has 3 rings (SSSR count). The van der Waals surface area contributed by atoms with E-state index in [0.29, 0.717) is 0 Å². The molecule has 1 N–H and O–H groups in total. The van der Waals surface area contributed by atoms with E-state index >= 15 is 0 Å². The molecule has 22 heavy (non-hydrogen) atoms. The maximum atomic E-state index is 9.75. The summed E-state index contributed by atoms with van der Waals surface area (Å²) in [6.45, 7) is 0. The Hall–Kier alpha value is -1.01. The van der Waals surface area contributed by atoms with Crippen LogP contribution < -0.4 is 4.57 Å². The van der Waals surface area contributed by atoms with Gasteiger partial charge in [-0.15, -0.1) is 0 Å². The van der Waals surface area contributed by atoms with Gasteiger partial charge in [0.15, 0.2) is 0 Å². The van der Waals surface area contributed by atoms with Crippen molar-refractivity contribution in [3.8, 4) is 0 Å². The summed E-state index contributed by atoms with van der Waals surface area (Å²) in [6, 6.07) is 0.784. The molecule has 0 amide bonds. The van der Waals surface area contributed by atoms with E-state index in [2.05, 4.69) is 21.9 Å². The lowest BCUT2D eigenvalue weighted by molar-refractivity contribution is -0.732. The van der Waals surface area contributed by atoms with Gasteiger partial charge in [0.25, 0.3) is 5.82 Å². The lowest BCUT2D eigenvalue weighted by Crippen LogP contribution is -2.43. The zero-order valence-corrected chi connectivity index (χ0v) is 12.9. The Balaban J connectivity index is 0.000000309. The summed E-state index contributed by atoms with van der Waals surface area (Å²) in [5, 5.41) is 0. The highest BCUT2D eigenvalue weighted by Gasteiger charge is 2.29. The van der Waals surface area contributed by atoms with E-state index in [0.717, 1.165) is 12.0 Å². The van der Waals surface area contributed by atoms with Gasteiger partial charge in [-0.25, -0.2) is 9.55 Å². The van der Waals surface area contributed by atoms with Gasteiger partial charge in [0.2, 0.25) is 0 Å². The normalized spacial score (nSPS) is 21.3. The van der Waals surface area contributed by atoms with Crippen LogP contribution in [0.5, 0.6) is 0 Å². The van der Waals surface area contributed by atoms with Gasteiger partial charge in [-0.05, 0) is 38.5 Å². The summed E-state index contributed by atoms with van der Waals surface area (Å²) in [5.74, 6) is 2.33. The molecule has 7 heteroatoms. The smallest absolute Gasteiger partial charge is 0.418 e. The predicted molar refractivity (Wildman–Crippen MR) is 79.1 cm³/mol. The molecule has 0 unspecified atom stereocenters. The van der Waals surface area contributed by atoms with Crippen molar-refractivity contribution < 1.29 is 21.8 Å². The van der Waals surface area contributed by atoms with Crippen molar-refractivity contribution in [2.45, 2.75) is 76.2 Å². The minimum absolute atomic E-state index is 0.784. The molecule has 1 aromatic heterocycles. The fourth-order valence-corrected chi connectivity index (χ4v) is 3.74. The van der Waals surface area contributed by atoms with Crippen LogP contribution in [0.1, 0.15) is 82.0 Å². The van der Waals surface area contributed by atoms with Crippen LogP contribution in [0.15, 0.2) is 12.4 Å². The minimum Gasteiger partial charge on any atom is -0.418 e. The third-order valence-electron chi connectivity index (χ3n) is 4.70. The number of nitrogens with one attached hydrogen (secondary N) is 1. The van der Waals surface area contributed by atoms with Crippen molar-refractivity contribution in [1.82, 2.24) is 4.98 Å². The lowest BCUT2D eigenvalue weighted by Gasteiger charge is -2.23. The summed E-state index contributed by atoms with van der Waals surface area (Å²) in [7, 11) is -6.00. The number of aromatic amines is 1. The molecule has 2 aliphatic carbocycles. The van der Waals surface area contributed by atoms with Crippen LogP contribution in [0.3, 0.4) is 0 Å². The average molecular weight is 320 g/mol. The Morgan fingerprint density at radius 2 is 1.36 bits per heavy atom. The van der Waals surface area contributed by atoms with E-state index in [4.69, 9.17) is 0 Å². The molecule has 2 saturated carbocycles. The standard InChI is InChI=1S/C15H24N2.BF4/c1-3-7-13(8-4-1)15-16-11-12-17(15)14-9-5-2-6-10-14;2-1(3,4)5/h11-14H,1-10H2;/q;-1/p+1. The quantitative estimate of drug-likeness (QED) is 0.441. The van der Waals surface area contributed by atoms with Crippen LogP contribution >= 0.6 is 0 Å². The molecule has 0 spiro atoms. The van der Waals surface area contributed by atoms with Crippen LogP contribution in [-0.4, -0.2) is 12.2 Å². The second kappa shape index (κ2) is 8.02. The number of H-pyrrole nitrogens is 1. The Morgan fingerprint density at radius 1 is 0.864 bits per heavy atom. The van der Waals surface area contributed by atoms with Gasteiger partial charge in [0.05, 0.1) is 5.92 Å². The zero-order valence-electron chi connectivity index (χ0n) is 12.9. The molecular formula is C15H25BF4N2. The highest BCUT2D eigenvalue weighted by molar-refractivity contribution is 6.50. The van der Waals surface area contributed by atoms with Crippen molar-refractivity contribution in [2.75, 3.05) is 0 Å². The molecule has 0 radical (unpaired) electrons. The van der Waals surface area contributed by atoms with Crippen LogP contribution in [0.2, 0.25) is 0 Å². The Labute approximate surface area is 129 Å². The molecule has 2 aliphatic rings. The van der Waals surface area contributed by atoms with Crippen LogP contribution in [0.4, 0.5) is 17.3 Å². The van der Waals surface area contributed by atoms with Crippen LogP contribution in [0.25, 0.3) is 0 Å². The molecule has 0 bridgehead atoms. The van der Waals surface area contributed by atoms with Gasteiger partial charge in [-0.1, -0.05) is 25.7 Å². The Morgan fingerprint density at radius 3 is 1.91 bits per heavy atom. The topological polar surface area (TPSA) is 19.7 Å². The summed E-state index contributed by atoms with van der Waals surface area (Å²) in [6.07, 6.45) is 18.6. The second-order valence-corrected chi connectivity index (χ2v) is 6.37. The largest absolute Gasteiger partial charge is 0.673 e. The van der Waals surface area contributed by atoms with E-state index in [1.807, 2.05) is 0 Å². The molecular weight excluding hydrogens is 295 g/mol. The maximum Gasteiger partial charge on any atom is 0.673 e. The van der Waals surface area contributed by atoms with Gasteiger partial charge in [-0.3, -0.25) is 0 Å². The van der Waals surface area contributed by atoms with Gasteiger partial charge in [-0.2, -0.15) is 0 Å². The number of nitrogens with zero attached hydrogens (tertiary/aromatic N) is 1. The monoisotopic (exact) mass is 320 g/mol. The van der Waals surface area contributed by atoms with Crippen molar-refractivity contribution in [1.29, 1.82) is 0 Å². The van der Waals surface area contributed by atoms with Gasteiger partial charge < -0.3 is 17.3 Å². The molecule has 2 nitrogen and oxygen atoms in total. The van der Waals surface area contributed by atoms with Gasteiger partial charge in [0.1, 0.15) is 18.4 Å². The van der Waals surface area contributed by atoms with Crippen LogP contribution in [-0.2, 0) is 0 Å². The fraction of sp³-hybridized carbons (Fsp3) is 0.800. The summed E-state index contributed by atoms with van der Waals surface area (Å²) in [5.41, 5.74) is 0. The highest BCUT2D eigenvalue weighted by Crippen LogP contribution is 2.32. The van der Waals surface area contributed by atoms with E-state index in [-0.39, 0.29) is 0 Å². The highest BCUT2D eigenvalue weighted by atomic mass is 19.5. The van der Waals surface area contributed by atoms with E-state index in [9.17, 15) is 17.3 Å². The summed E-state index contributed by atoms with van der Waals surface area (Å²) in [4.78, 5) is 3.54. The molecule has 1 heterocycles. The first-order valence-electron chi connectivity index (χ1n) is 8.41. The number of aromatic nitrogens is 2. The first-order chi connectivity index (χ1) is 10.4. The Bertz CT molecular complexity index is 396. The Kier molecular flexibility index (Phi) is 6.32.